The fourth-order valence-corrected chi connectivity index (χ4v) is 3.00. The first-order chi connectivity index (χ1) is 11.6. The minimum absolute atomic E-state index is 0.00170. The van der Waals surface area contributed by atoms with Crippen molar-refractivity contribution >= 4 is 50.3 Å². The van der Waals surface area contributed by atoms with Gasteiger partial charge in [-0.3, -0.25) is 15.5 Å². The molecule has 2 aromatic carbocycles. The summed E-state index contributed by atoms with van der Waals surface area (Å²) in [5.41, 5.74) is 3.09. The van der Waals surface area contributed by atoms with Gasteiger partial charge in [-0.05, 0) is 31.2 Å². The van der Waals surface area contributed by atoms with E-state index < -0.39 is 20.6 Å². The number of nitrogens with zero attached hydrogens (tertiary/aromatic N) is 2. The van der Waals surface area contributed by atoms with Crippen molar-refractivity contribution in [3.05, 3.63) is 62.1 Å². The van der Waals surface area contributed by atoms with Crippen LogP contribution in [0, 0.1) is 10.1 Å². The van der Waals surface area contributed by atoms with Gasteiger partial charge < -0.3 is 0 Å². The van der Waals surface area contributed by atoms with E-state index in [2.05, 4.69) is 10.5 Å². The zero-order valence-corrected chi connectivity index (χ0v) is 15.1. The van der Waals surface area contributed by atoms with Crippen molar-refractivity contribution < 1.29 is 13.3 Å². The minimum atomic E-state index is -4.06. The molecule has 0 fully saturated rings. The van der Waals surface area contributed by atoms with Crippen molar-refractivity contribution in [2.75, 3.05) is 5.43 Å². The molecule has 0 aliphatic heterocycles. The second-order valence-electron chi connectivity index (χ2n) is 4.91. The molecule has 0 aliphatic rings. The third-order valence-electron chi connectivity index (χ3n) is 3.16. The second-order valence-corrected chi connectivity index (χ2v) is 7.32. The Morgan fingerprint density at radius 3 is 2.48 bits per heavy atom. The molecule has 0 spiro atoms. The second kappa shape index (κ2) is 7.36. The molecule has 11 heteroatoms. The van der Waals surface area contributed by atoms with Gasteiger partial charge in [-0.1, -0.05) is 29.3 Å². The van der Waals surface area contributed by atoms with Gasteiger partial charge in [-0.25, -0.2) is 13.6 Å². The van der Waals surface area contributed by atoms with Crippen LogP contribution in [0.15, 0.2) is 46.4 Å². The van der Waals surface area contributed by atoms with Crippen molar-refractivity contribution in [3.8, 4) is 0 Å². The predicted octanol–water partition coefficient (Wildman–Crippen LogP) is 3.39. The molecule has 0 saturated carbocycles. The van der Waals surface area contributed by atoms with E-state index in [9.17, 15) is 18.5 Å². The first-order valence-corrected chi connectivity index (χ1v) is 8.97. The number of hydrogen-bond donors (Lipinski definition) is 2. The standard InChI is InChI=1S/C14H12Cl2N4O4S/c1-8(11-4-2-9(15)6-12(11)16)18-19-13-5-3-10(25(17,23)24)7-14(13)20(21)22/h2-7,19H,1H3,(H2,17,23,24)/b18-8+. The number of nitrogens with one attached hydrogen (secondary N) is 1. The van der Waals surface area contributed by atoms with Crippen LogP contribution in [-0.2, 0) is 10.0 Å². The molecule has 132 valence electrons. The average Bonchev–Trinajstić information content (AvgIpc) is 2.51. The van der Waals surface area contributed by atoms with Crippen molar-refractivity contribution in [3.63, 3.8) is 0 Å². The maximum Gasteiger partial charge on any atom is 0.295 e. The SMILES string of the molecule is C/C(=N\Nc1ccc(S(N)(=O)=O)cc1[N+](=O)[O-])c1ccc(Cl)cc1Cl. The van der Waals surface area contributed by atoms with Crippen molar-refractivity contribution in [1.82, 2.24) is 0 Å². The van der Waals surface area contributed by atoms with Gasteiger partial charge in [-0.2, -0.15) is 5.10 Å². The molecule has 0 amide bonds. The van der Waals surface area contributed by atoms with E-state index in [-0.39, 0.29) is 10.6 Å². The molecule has 3 N–H and O–H groups in total. The number of anilines is 1. The van der Waals surface area contributed by atoms with E-state index in [1.165, 1.54) is 6.07 Å². The summed E-state index contributed by atoms with van der Waals surface area (Å²) in [4.78, 5) is 10.0. The first-order valence-electron chi connectivity index (χ1n) is 6.66. The molecule has 0 bridgehead atoms. The summed E-state index contributed by atoms with van der Waals surface area (Å²) >= 11 is 11.9. The number of hydrazone groups is 1. The summed E-state index contributed by atoms with van der Waals surface area (Å²) in [5.74, 6) is 0. The lowest BCUT2D eigenvalue weighted by molar-refractivity contribution is -0.384. The molecular weight excluding hydrogens is 391 g/mol. The Labute approximate surface area is 153 Å². The van der Waals surface area contributed by atoms with E-state index in [1.807, 2.05) is 0 Å². The fourth-order valence-electron chi connectivity index (χ4n) is 1.92. The van der Waals surface area contributed by atoms with Gasteiger partial charge in [0, 0.05) is 16.7 Å². The topological polar surface area (TPSA) is 128 Å². The summed E-state index contributed by atoms with van der Waals surface area (Å²) in [7, 11) is -4.06. The lowest BCUT2D eigenvalue weighted by atomic mass is 10.1. The lowest BCUT2D eigenvalue weighted by Gasteiger charge is -2.07. The normalized spacial score (nSPS) is 12.1. The molecular formula is C14H12Cl2N4O4S. The number of rotatable bonds is 5. The lowest BCUT2D eigenvalue weighted by Crippen LogP contribution is -2.12. The van der Waals surface area contributed by atoms with Crippen molar-refractivity contribution in [2.24, 2.45) is 10.2 Å². The third kappa shape index (κ3) is 4.67. The number of hydrogen-bond acceptors (Lipinski definition) is 6. The zero-order chi connectivity index (χ0) is 18.8. The predicted molar refractivity (Wildman–Crippen MR) is 96.8 cm³/mol. The van der Waals surface area contributed by atoms with E-state index in [0.717, 1.165) is 12.1 Å². The quantitative estimate of drug-likeness (QED) is 0.449. The van der Waals surface area contributed by atoms with E-state index in [1.54, 1.807) is 25.1 Å². The highest BCUT2D eigenvalue weighted by Gasteiger charge is 2.19. The van der Waals surface area contributed by atoms with E-state index in [0.29, 0.717) is 21.3 Å². The highest BCUT2D eigenvalue weighted by molar-refractivity contribution is 7.89. The molecule has 8 nitrogen and oxygen atoms in total. The van der Waals surface area contributed by atoms with Gasteiger partial charge in [0.2, 0.25) is 10.0 Å². The van der Waals surface area contributed by atoms with Crippen LogP contribution in [0.2, 0.25) is 10.0 Å². The highest BCUT2D eigenvalue weighted by atomic mass is 35.5. The Morgan fingerprint density at radius 1 is 1.24 bits per heavy atom. The van der Waals surface area contributed by atoms with Gasteiger partial charge in [0.1, 0.15) is 5.69 Å². The van der Waals surface area contributed by atoms with Gasteiger partial charge in [0.15, 0.2) is 0 Å². The Kier molecular flexibility index (Phi) is 5.63. The molecule has 25 heavy (non-hydrogen) atoms. The maximum atomic E-state index is 11.3. The molecule has 2 rings (SSSR count). The van der Waals surface area contributed by atoms with Crippen LogP contribution in [0.4, 0.5) is 11.4 Å². The van der Waals surface area contributed by atoms with Crippen molar-refractivity contribution in [1.29, 1.82) is 0 Å². The van der Waals surface area contributed by atoms with Crippen LogP contribution in [0.5, 0.6) is 0 Å². The van der Waals surface area contributed by atoms with Gasteiger partial charge in [0.25, 0.3) is 5.69 Å². The number of sulfonamides is 1. The Bertz CT molecular complexity index is 977. The summed E-state index contributed by atoms with van der Waals surface area (Å²) < 4.78 is 22.6. The van der Waals surface area contributed by atoms with E-state index >= 15 is 0 Å². The smallest absolute Gasteiger partial charge is 0.271 e. The number of benzene rings is 2. The monoisotopic (exact) mass is 402 g/mol. The number of nitro benzene ring substituents is 1. The summed E-state index contributed by atoms with van der Waals surface area (Å²) in [5, 5.41) is 21.0. The van der Waals surface area contributed by atoms with Crippen LogP contribution in [0.3, 0.4) is 0 Å². The maximum absolute atomic E-state index is 11.3. The molecule has 0 aromatic heterocycles. The largest absolute Gasteiger partial charge is 0.295 e. The van der Waals surface area contributed by atoms with Crippen LogP contribution >= 0.6 is 23.2 Å². The van der Waals surface area contributed by atoms with Crippen LogP contribution < -0.4 is 10.6 Å². The van der Waals surface area contributed by atoms with Gasteiger partial charge >= 0.3 is 0 Å². The Hall–Kier alpha value is -2.20. The number of halogens is 2. The van der Waals surface area contributed by atoms with Crippen LogP contribution in [0.1, 0.15) is 12.5 Å². The van der Waals surface area contributed by atoms with Gasteiger partial charge in [0.05, 0.1) is 20.6 Å². The number of primary sulfonamides is 1. The molecule has 2 aromatic rings. The molecule has 0 radical (unpaired) electrons. The molecule has 0 unspecified atom stereocenters. The number of nitrogens with two attached hydrogens (primary N) is 1. The molecule has 0 aliphatic carbocycles. The average molecular weight is 403 g/mol. The summed E-state index contributed by atoms with van der Waals surface area (Å²) in [6.45, 7) is 1.65. The Balaban J connectivity index is 2.38. The van der Waals surface area contributed by atoms with E-state index in [4.69, 9.17) is 28.3 Å². The molecule has 0 heterocycles. The summed E-state index contributed by atoms with van der Waals surface area (Å²) in [6, 6.07) is 8.04. The highest BCUT2D eigenvalue weighted by Crippen LogP contribution is 2.28. The zero-order valence-electron chi connectivity index (χ0n) is 12.7. The summed E-state index contributed by atoms with van der Waals surface area (Å²) in [6.07, 6.45) is 0. The third-order valence-corrected chi connectivity index (χ3v) is 4.62. The van der Waals surface area contributed by atoms with Crippen molar-refractivity contribution in [2.45, 2.75) is 11.8 Å². The molecule has 0 saturated heterocycles. The van der Waals surface area contributed by atoms with Crippen LogP contribution in [0.25, 0.3) is 0 Å². The van der Waals surface area contributed by atoms with Crippen LogP contribution in [-0.4, -0.2) is 19.1 Å². The fraction of sp³-hybridized carbons (Fsp3) is 0.0714. The number of nitro groups is 1. The first kappa shape index (κ1) is 19.1. The Morgan fingerprint density at radius 2 is 1.92 bits per heavy atom. The van der Waals surface area contributed by atoms with Gasteiger partial charge in [-0.15, -0.1) is 0 Å². The molecule has 0 atom stereocenters. The minimum Gasteiger partial charge on any atom is -0.271 e.